The molecule has 0 aliphatic carbocycles. The summed E-state index contributed by atoms with van der Waals surface area (Å²) < 4.78 is 3.56. The number of carbonyl (C=O) groups excluding carboxylic acids is 1. The normalized spacial score (nSPS) is 20.1. The van der Waals surface area contributed by atoms with Crippen molar-refractivity contribution in [2.24, 2.45) is 0 Å². The predicted octanol–water partition coefficient (Wildman–Crippen LogP) is 1.42. The average molecular weight is 214 g/mol. The second-order valence-corrected chi connectivity index (χ2v) is 6.32. The second-order valence-electron chi connectivity index (χ2n) is 4.69. The maximum Gasteiger partial charge on any atom is 0.209 e. The fraction of sp³-hybridized carbons (Fsp3) is 0.700. The SMILES string of the molecule is C=CC1(NSC(C)(C)C)CN(C=O)C1. The molecule has 0 spiro atoms. The van der Waals surface area contributed by atoms with E-state index in [1.54, 1.807) is 16.8 Å². The summed E-state index contributed by atoms with van der Waals surface area (Å²) >= 11 is 1.69. The van der Waals surface area contributed by atoms with Crippen LogP contribution < -0.4 is 4.72 Å². The molecule has 0 aromatic rings. The summed E-state index contributed by atoms with van der Waals surface area (Å²) in [6.07, 6.45) is 2.77. The number of nitrogens with one attached hydrogen (secondary N) is 1. The van der Waals surface area contributed by atoms with Crippen molar-refractivity contribution < 1.29 is 4.79 Å². The van der Waals surface area contributed by atoms with E-state index < -0.39 is 0 Å². The van der Waals surface area contributed by atoms with E-state index in [-0.39, 0.29) is 10.3 Å². The predicted molar refractivity (Wildman–Crippen MR) is 61.0 cm³/mol. The Bertz CT molecular complexity index is 229. The van der Waals surface area contributed by atoms with Gasteiger partial charge in [0.25, 0.3) is 0 Å². The molecule has 1 fully saturated rings. The first-order valence-corrected chi connectivity index (χ1v) is 5.51. The molecule has 3 nitrogen and oxygen atoms in total. The van der Waals surface area contributed by atoms with Gasteiger partial charge in [0.1, 0.15) is 0 Å². The van der Waals surface area contributed by atoms with E-state index in [0.29, 0.717) is 0 Å². The van der Waals surface area contributed by atoms with E-state index in [4.69, 9.17) is 0 Å². The fourth-order valence-corrected chi connectivity index (χ4v) is 1.96. The van der Waals surface area contributed by atoms with Crippen LogP contribution in [0.25, 0.3) is 0 Å². The molecule has 0 atom stereocenters. The Balaban J connectivity index is 2.42. The lowest BCUT2D eigenvalue weighted by atomic mass is 9.92. The van der Waals surface area contributed by atoms with Crippen LogP contribution in [-0.4, -0.2) is 34.7 Å². The van der Waals surface area contributed by atoms with Crippen LogP contribution in [0.3, 0.4) is 0 Å². The zero-order chi connectivity index (χ0) is 10.8. The van der Waals surface area contributed by atoms with Gasteiger partial charge in [0.2, 0.25) is 6.41 Å². The van der Waals surface area contributed by atoms with E-state index in [9.17, 15) is 4.79 Å². The summed E-state index contributed by atoms with van der Waals surface area (Å²) in [7, 11) is 0. The molecule has 80 valence electrons. The van der Waals surface area contributed by atoms with E-state index in [1.165, 1.54) is 0 Å². The van der Waals surface area contributed by atoms with Gasteiger partial charge < -0.3 is 4.90 Å². The zero-order valence-electron chi connectivity index (χ0n) is 9.04. The topological polar surface area (TPSA) is 32.3 Å². The Labute approximate surface area is 90.1 Å². The van der Waals surface area contributed by atoms with Gasteiger partial charge in [-0.15, -0.1) is 6.58 Å². The number of rotatable bonds is 4. The zero-order valence-corrected chi connectivity index (χ0v) is 9.86. The van der Waals surface area contributed by atoms with Crippen molar-refractivity contribution in [3.8, 4) is 0 Å². The van der Waals surface area contributed by atoms with Crippen molar-refractivity contribution in [3.05, 3.63) is 12.7 Å². The molecule has 0 aromatic heterocycles. The molecule has 4 heteroatoms. The van der Waals surface area contributed by atoms with Crippen LogP contribution >= 0.6 is 11.9 Å². The standard InChI is InChI=1S/C10H18N2OS/c1-5-10(6-12(7-10)8-13)11-14-9(2,3)4/h5,8,11H,1,6-7H2,2-4H3. The number of amides is 1. The molecular formula is C10H18N2OS. The molecule has 0 unspecified atom stereocenters. The number of nitrogens with zero attached hydrogens (tertiary/aromatic N) is 1. The third kappa shape index (κ3) is 2.75. The Kier molecular flexibility index (Phi) is 3.27. The molecule has 1 heterocycles. The number of carbonyl (C=O) groups is 1. The van der Waals surface area contributed by atoms with Crippen molar-refractivity contribution in [1.29, 1.82) is 0 Å². The first kappa shape index (κ1) is 11.6. The Morgan fingerprint density at radius 3 is 2.43 bits per heavy atom. The summed E-state index contributed by atoms with van der Waals surface area (Å²) in [5.74, 6) is 0. The van der Waals surface area contributed by atoms with Crippen LogP contribution in [0.2, 0.25) is 0 Å². The fourth-order valence-electron chi connectivity index (χ4n) is 1.24. The molecule has 0 aromatic carbocycles. The smallest absolute Gasteiger partial charge is 0.209 e. The molecule has 0 bridgehead atoms. The number of hydrogen-bond acceptors (Lipinski definition) is 3. The van der Waals surface area contributed by atoms with Crippen LogP contribution in [0.5, 0.6) is 0 Å². The molecule has 1 amide bonds. The summed E-state index contributed by atoms with van der Waals surface area (Å²) in [4.78, 5) is 12.2. The summed E-state index contributed by atoms with van der Waals surface area (Å²) in [6, 6.07) is 0. The van der Waals surface area contributed by atoms with E-state index in [1.807, 2.05) is 6.08 Å². The van der Waals surface area contributed by atoms with Gasteiger partial charge >= 0.3 is 0 Å². The molecular weight excluding hydrogens is 196 g/mol. The van der Waals surface area contributed by atoms with E-state index >= 15 is 0 Å². The third-order valence-electron chi connectivity index (χ3n) is 2.07. The maximum atomic E-state index is 10.4. The van der Waals surface area contributed by atoms with Crippen molar-refractivity contribution in [1.82, 2.24) is 9.62 Å². The van der Waals surface area contributed by atoms with Crippen LogP contribution in [0.1, 0.15) is 20.8 Å². The Morgan fingerprint density at radius 1 is 1.50 bits per heavy atom. The lowest BCUT2D eigenvalue weighted by molar-refractivity contribution is -0.123. The van der Waals surface area contributed by atoms with Crippen LogP contribution in [-0.2, 0) is 4.79 Å². The van der Waals surface area contributed by atoms with Gasteiger partial charge in [0, 0.05) is 17.8 Å². The van der Waals surface area contributed by atoms with Crippen molar-refractivity contribution in [2.45, 2.75) is 31.1 Å². The maximum absolute atomic E-state index is 10.4. The highest BCUT2D eigenvalue weighted by Crippen LogP contribution is 2.28. The molecule has 14 heavy (non-hydrogen) atoms. The Morgan fingerprint density at radius 2 is 2.07 bits per heavy atom. The van der Waals surface area contributed by atoms with Gasteiger partial charge in [0.15, 0.2) is 0 Å². The van der Waals surface area contributed by atoms with Crippen molar-refractivity contribution in [3.63, 3.8) is 0 Å². The first-order valence-electron chi connectivity index (χ1n) is 4.69. The van der Waals surface area contributed by atoms with E-state index in [0.717, 1.165) is 19.5 Å². The molecule has 0 radical (unpaired) electrons. The molecule has 1 saturated heterocycles. The van der Waals surface area contributed by atoms with Gasteiger partial charge in [-0.05, 0) is 20.8 Å². The van der Waals surface area contributed by atoms with Crippen LogP contribution in [0.15, 0.2) is 12.7 Å². The molecule has 1 rings (SSSR count). The van der Waals surface area contributed by atoms with Gasteiger partial charge in [-0.3, -0.25) is 9.52 Å². The molecule has 1 N–H and O–H groups in total. The lowest BCUT2D eigenvalue weighted by Crippen LogP contribution is -2.66. The van der Waals surface area contributed by atoms with Gasteiger partial charge in [-0.25, -0.2) is 0 Å². The average Bonchev–Trinajstić information content (AvgIpc) is 2.02. The third-order valence-corrected chi connectivity index (χ3v) is 3.19. The minimum atomic E-state index is -0.0845. The second kappa shape index (κ2) is 3.95. The molecule has 0 saturated carbocycles. The van der Waals surface area contributed by atoms with Crippen molar-refractivity contribution >= 4 is 18.4 Å². The highest BCUT2D eigenvalue weighted by atomic mass is 32.2. The summed E-state index contributed by atoms with van der Waals surface area (Å²) in [5, 5.41) is 0. The highest BCUT2D eigenvalue weighted by molar-refractivity contribution is 7.98. The summed E-state index contributed by atoms with van der Waals surface area (Å²) in [5.41, 5.74) is -0.0845. The number of hydrogen-bond donors (Lipinski definition) is 1. The monoisotopic (exact) mass is 214 g/mol. The van der Waals surface area contributed by atoms with Gasteiger partial charge in [-0.2, -0.15) is 0 Å². The van der Waals surface area contributed by atoms with Crippen LogP contribution in [0, 0.1) is 0 Å². The Hall–Kier alpha value is -0.480. The molecule has 1 aliphatic rings. The quantitative estimate of drug-likeness (QED) is 0.436. The summed E-state index contributed by atoms with van der Waals surface area (Å²) in [6.45, 7) is 11.7. The minimum Gasteiger partial charge on any atom is -0.341 e. The van der Waals surface area contributed by atoms with Gasteiger partial charge in [0.05, 0.1) is 5.54 Å². The van der Waals surface area contributed by atoms with Crippen LogP contribution in [0.4, 0.5) is 0 Å². The largest absolute Gasteiger partial charge is 0.341 e. The van der Waals surface area contributed by atoms with Crippen molar-refractivity contribution in [2.75, 3.05) is 13.1 Å². The highest BCUT2D eigenvalue weighted by Gasteiger charge is 2.40. The lowest BCUT2D eigenvalue weighted by Gasteiger charge is -2.47. The first-order chi connectivity index (χ1) is 6.41. The molecule has 1 aliphatic heterocycles. The number of likely N-dealkylation sites (tertiary alicyclic amines) is 1. The minimum absolute atomic E-state index is 0.0845. The van der Waals surface area contributed by atoms with E-state index in [2.05, 4.69) is 32.1 Å². The van der Waals surface area contributed by atoms with Gasteiger partial charge in [-0.1, -0.05) is 18.0 Å².